The van der Waals surface area contributed by atoms with Crippen molar-refractivity contribution in [3.05, 3.63) is 66.0 Å². The number of carboxylic acids is 1. The van der Waals surface area contributed by atoms with Crippen molar-refractivity contribution >= 4 is 28.3 Å². The number of rotatable bonds is 8. The van der Waals surface area contributed by atoms with Crippen LogP contribution in [0.2, 0.25) is 0 Å². The molecule has 3 aromatic heterocycles. The van der Waals surface area contributed by atoms with E-state index in [1.165, 1.54) is 12.8 Å². The number of piperidine rings is 1. The van der Waals surface area contributed by atoms with Gasteiger partial charge in [-0.25, -0.2) is 9.78 Å². The summed E-state index contributed by atoms with van der Waals surface area (Å²) in [4.78, 5) is 19.8. The summed E-state index contributed by atoms with van der Waals surface area (Å²) in [6.45, 7) is 8.01. The Hall–Kier alpha value is -4.24. The van der Waals surface area contributed by atoms with Gasteiger partial charge in [0.05, 0.1) is 29.6 Å². The highest BCUT2D eigenvalue weighted by molar-refractivity contribution is 5.85. The first-order valence-electron chi connectivity index (χ1n) is 15.2. The van der Waals surface area contributed by atoms with E-state index in [0.29, 0.717) is 28.9 Å². The van der Waals surface area contributed by atoms with E-state index in [1.54, 1.807) is 0 Å². The average Bonchev–Trinajstić information content (AvgIpc) is 3.44. The number of nitrogens with zero attached hydrogens (tertiary/aromatic N) is 6. The van der Waals surface area contributed by atoms with Crippen molar-refractivity contribution in [1.29, 1.82) is 0 Å². The van der Waals surface area contributed by atoms with Crippen LogP contribution in [0.25, 0.3) is 38.9 Å². The van der Waals surface area contributed by atoms with Gasteiger partial charge < -0.3 is 14.7 Å². The summed E-state index contributed by atoms with van der Waals surface area (Å²) in [6.07, 6.45) is 5.56. The number of ether oxygens (including phenoxy) is 1. The standard InChI is InChI=1S/C34H38N6O3/c1-21(2)20-43-31(33(41)42)30-22(3)36-29-18-27(37-40(29)32(30)39-14-12-34(10-11-34)13-15-39)25-7-5-6-23(16-25)24-8-9-26-19-35-38(4)28(26)17-24/h5-9,16-19,21,31H,10-15,20H2,1-4H3,(H,41,42). The summed E-state index contributed by atoms with van der Waals surface area (Å²) in [6, 6.07) is 16.7. The van der Waals surface area contributed by atoms with Crippen LogP contribution >= 0.6 is 0 Å². The fourth-order valence-electron chi connectivity index (χ4n) is 6.49. The summed E-state index contributed by atoms with van der Waals surface area (Å²) in [5, 5.41) is 20.9. The molecule has 4 heterocycles. The Bertz CT molecular complexity index is 1840. The van der Waals surface area contributed by atoms with E-state index in [0.717, 1.165) is 65.0 Å². The monoisotopic (exact) mass is 578 g/mol. The third-order valence-electron chi connectivity index (χ3n) is 9.21. The number of aromatic nitrogens is 5. The van der Waals surface area contributed by atoms with Gasteiger partial charge in [-0.3, -0.25) is 4.68 Å². The van der Waals surface area contributed by atoms with E-state index in [1.807, 2.05) is 55.3 Å². The van der Waals surface area contributed by atoms with Gasteiger partial charge in [0.25, 0.3) is 0 Å². The van der Waals surface area contributed by atoms with Crippen LogP contribution in [0.3, 0.4) is 0 Å². The first-order chi connectivity index (χ1) is 20.7. The predicted molar refractivity (Wildman–Crippen MR) is 167 cm³/mol. The zero-order chi connectivity index (χ0) is 29.9. The van der Waals surface area contributed by atoms with Gasteiger partial charge in [-0.1, -0.05) is 44.2 Å². The van der Waals surface area contributed by atoms with Gasteiger partial charge in [-0.15, -0.1) is 0 Å². The minimum Gasteiger partial charge on any atom is -0.479 e. The van der Waals surface area contributed by atoms with Crippen LogP contribution in [0.15, 0.2) is 54.7 Å². The van der Waals surface area contributed by atoms with Gasteiger partial charge in [0.1, 0.15) is 5.82 Å². The molecule has 2 fully saturated rings. The van der Waals surface area contributed by atoms with E-state index < -0.39 is 12.1 Å². The molecule has 1 aliphatic carbocycles. The molecular weight excluding hydrogens is 540 g/mol. The van der Waals surface area contributed by atoms with Crippen molar-refractivity contribution < 1.29 is 14.6 Å². The molecule has 1 spiro atoms. The summed E-state index contributed by atoms with van der Waals surface area (Å²) < 4.78 is 9.78. The molecular formula is C34H38N6O3. The highest BCUT2D eigenvalue weighted by Crippen LogP contribution is 2.54. The molecule has 1 saturated carbocycles. The summed E-state index contributed by atoms with van der Waals surface area (Å²) in [7, 11) is 1.95. The predicted octanol–water partition coefficient (Wildman–Crippen LogP) is 6.44. The van der Waals surface area contributed by atoms with Gasteiger partial charge in [0.2, 0.25) is 0 Å². The molecule has 2 aliphatic rings. The second-order valence-corrected chi connectivity index (χ2v) is 12.8. The van der Waals surface area contributed by atoms with Crippen molar-refractivity contribution in [1.82, 2.24) is 24.4 Å². The van der Waals surface area contributed by atoms with Gasteiger partial charge >= 0.3 is 5.97 Å². The van der Waals surface area contributed by atoms with Crippen LogP contribution in [0, 0.1) is 18.3 Å². The van der Waals surface area contributed by atoms with Crippen LogP contribution in [0.1, 0.15) is 56.9 Å². The molecule has 0 radical (unpaired) electrons. The van der Waals surface area contributed by atoms with E-state index >= 15 is 0 Å². The number of benzene rings is 2. The van der Waals surface area contributed by atoms with E-state index in [4.69, 9.17) is 14.8 Å². The number of fused-ring (bicyclic) bond motifs is 2. The third kappa shape index (κ3) is 5.05. The Morgan fingerprint density at radius 3 is 2.49 bits per heavy atom. The molecule has 0 amide bonds. The van der Waals surface area contributed by atoms with Crippen LogP contribution < -0.4 is 4.90 Å². The van der Waals surface area contributed by atoms with Gasteiger partial charge in [0, 0.05) is 42.8 Å². The van der Waals surface area contributed by atoms with Gasteiger partial charge in [0.15, 0.2) is 11.8 Å². The maximum Gasteiger partial charge on any atom is 0.337 e. The van der Waals surface area contributed by atoms with E-state index in [9.17, 15) is 9.90 Å². The largest absolute Gasteiger partial charge is 0.479 e. The van der Waals surface area contributed by atoms with E-state index in [2.05, 4.69) is 46.4 Å². The molecule has 1 atom stereocenters. The summed E-state index contributed by atoms with van der Waals surface area (Å²) in [5.41, 5.74) is 7.47. The second kappa shape index (κ2) is 10.5. The molecule has 1 saturated heterocycles. The minimum atomic E-state index is -1.12. The Morgan fingerprint density at radius 1 is 1.02 bits per heavy atom. The minimum absolute atomic E-state index is 0.203. The number of hydrogen-bond acceptors (Lipinski definition) is 6. The lowest BCUT2D eigenvalue weighted by Crippen LogP contribution is -2.37. The van der Waals surface area contributed by atoms with Crippen molar-refractivity contribution in [2.75, 3.05) is 24.6 Å². The highest BCUT2D eigenvalue weighted by atomic mass is 16.5. The normalized spacial score (nSPS) is 16.9. The van der Waals surface area contributed by atoms with Crippen molar-refractivity contribution in [2.45, 2.75) is 52.6 Å². The number of aliphatic carboxylic acids is 1. The van der Waals surface area contributed by atoms with Crippen molar-refractivity contribution in [3.63, 3.8) is 0 Å². The third-order valence-corrected chi connectivity index (χ3v) is 9.21. The molecule has 9 heteroatoms. The average molecular weight is 579 g/mol. The van der Waals surface area contributed by atoms with Crippen LogP contribution in [-0.4, -0.2) is 55.2 Å². The number of aryl methyl sites for hydroxylation is 2. The quantitative estimate of drug-likeness (QED) is 0.226. The number of carbonyl (C=O) groups is 1. The van der Waals surface area contributed by atoms with Crippen LogP contribution in [-0.2, 0) is 16.6 Å². The molecule has 1 aliphatic heterocycles. The molecule has 5 aromatic rings. The smallest absolute Gasteiger partial charge is 0.337 e. The molecule has 222 valence electrons. The van der Waals surface area contributed by atoms with Crippen LogP contribution in [0.4, 0.5) is 5.82 Å². The van der Waals surface area contributed by atoms with Crippen molar-refractivity contribution in [2.24, 2.45) is 18.4 Å². The maximum absolute atomic E-state index is 12.6. The van der Waals surface area contributed by atoms with Crippen LogP contribution in [0.5, 0.6) is 0 Å². The zero-order valence-corrected chi connectivity index (χ0v) is 25.2. The molecule has 9 nitrogen and oxygen atoms in total. The fraction of sp³-hybridized carbons (Fsp3) is 0.412. The van der Waals surface area contributed by atoms with E-state index in [-0.39, 0.29) is 5.92 Å². The number of carboxylic acid groups (broad SMARTS) is 1. The molecule has 2 aromatic carbocycles. The summed E-state index contributed by atoms with van der Waals surface area (Å²) >= 11 is 0. The first kappa shape index (κ1) is 27.6. The molecule has 7 rings (SSSR count). The Labute approximate surface area is 251 Å². The molecule has 1 unspecified atom stereocenters. The lowest BCUT2D eigenvalue weighted by Gasteiger charge is -2.36. The fourth-order valence-corrected chi connectivity index (χ4v) is 6.49. The highest BCUT2D eigenvalue weighted by Gasteiger charge is 2.45. The molecule has 0 bridgehead atoms. The number of anilines is 1. The zero-order valence-electron chi connectivity index (χ0n) is 25.2. The second-order valence-electron chi connectivity index (χ2n) is 12.8. The maximum atomic E-state index is 12.6. The summed E-state index contributed by atoms with van der Waals surface area (Å²) in [5.74, 6) is -0.0142. The lowest BCUT2D eigenvalue weighted by molar-refractivity contribution is -0.151. The Morgan fingerprint density at radius 2 is 1.77 bits per heavy atom. The van der Waals surface area contributed by atoms with Crippen molar-refractivity contribution in [3.8, 4) is 22.4 Å². The van der Waals surface area contributed by atoms with Gasteiger partial charge in [-0.2, -0.15) is 14.7 Å². The van der Waals surface area contributed by atoms with Gasteiger partial charge in [-0.05, 0) is 67.2 Å². The number of hydrogen-bond donors (Lipinski definition) is 1. The topological polar surface area (TPSA) is 97.8 Å². The SMILES string of the molecule is Cc1nc2cc(-c3cccc(-c4ccc5cnn(C)c5c4)c3)nn2c(N2CCC3(CC2)CC3)c1C(OCC(C)C)C(=O)O. The Kier molecular flexibility index (Phi) is 6.73. The molecule has 1 N–H and O–H groups in total. The molecule has 43 heavy (non-hydrogen) atoms. The lowest BCUT2D eigenvalue weighted by atomic mass is 9.93. The Balaban J connectivity index is 1.33. The first-order valence-corrected chi connectivity index (χ1v) is 15.2.